The SMILES string of the molecule is Cc1ccc(Br)cc1-c1cc(N)n[nH]1.Cl. The third-order valence-electron chi connectivity index (χ3n) is 2.09. The van der Waals surface area contributed by atoms with Crippen LogP contribution in [0.2, 0.25) is 0 Å². The molecule has 0 radical (unpaired) electrons. The summed E-state index contributed by atoms with van der Waals surface area (Å²) in [5.41, 5.74) is 8.80. The number of nitrogens with zero attached hydrogens (tertiary/aromatic N) is 1. The van der Waals surface area contributed by atoms with Crippen LogP contribution < -0.4 is 5.73 Å². The van der Waals surface area contributed by atoms with Gasteiger partial charge in [0.2, 0.25) is 0 Å². The van der Waals surface area contributed by atoms with Gasteiger partial charge in [0.25, 0.3) is 0 Å². The van der Waals surface area contributed by atoms with Crippen LogP contribution in [0.3, 0.4) is 0 Å². The zero-order valence-corrected chi connectivity index (χ0v) is 10.5. The Kier molecular flexibility index (Phi) is 3.77. The first-order valence-corrected chi connectivity index (χ1v) is 5.03. The molecule has 1 aromatic carbocycles. The van der Waals surface area contributed by atoms with Crippen LogP contribution in [-0.2, 0) is 0 Å². The van der Waals surface area contributed by atoms with Gasteiger partial charge in [0, 0.05) is 16.1 Å². The summed E-state index contributed by atoms with van der Waals surface area (Å²) < 4.78 is 1.05. The van der Waals surface area contributed by atoms with Crippen molar-refractivity contribution in [3.63, 3.8) is 0 Å². The molecule has 2 aromatic rings. The number of H-pyrrole nitrogens is 1. The van der Waals surface area contributed by atoms with Crippen LogP contribution in [0.1, 0.15) is 5.56 Å². The molecule has 0 aliphatic rings. The molecule has 0 fully saturated rings. The van der Waals surface area contributed by atoms with Gasteiger partial charge in [0.15, 0.2) is 0 Å². The monoisotopic (exact) mass is 287 g/mol. The molecule has 2 rings (SSSR count). The number of nitrogen functional groups attached to an aromatic ring is 1. The Balaban J connectivity index is 0.00000112. The Hall–Kier alpha value is -1.00. The van der Waals surface area contributed by atoms with Crippen molar-refractivity contribution < 1.29 is 0 Å². The van der Waals surface area contributed by atoms with Crippen molar-refractivity contribution in [2.75, 3.05) is 5.73 Å². The molecular weight excluding hydrogens is 277 g/mol. The summed E-state index contributed by atoms with van der Waals surface area (Å²) in [4.78, 5) is 0. The van der Waals surface area contributed by atoms with E-state index in [1.807, 2.05) is 18.2 Å². The van der Waals surface area contributed by atoms with E-state index in [1.54, 1.807) is 0 Å². The Morgan fingerprint density at radius 2 is 2.07 bits per heavy atom. The molecule has 1 heterocycles. The third kappa shape index (κ3) is 2.52. The molecule has 3 nitrogen and oxygen atoms in total. The Labute approximate surface area is 103 Å². The minimum Gasteiger partial charge on any atom is -0.382 e. The van der Waals surface area contributed by atoms with Crippen LogP contribution in [0, 0.1) is 6.92 Å². The molecule has 80 valence electrons. The van der Waals surface area contributed by atoms with E-state index in [0.717, 1.165) is 15.7 Å². The van der Waals surface area contributed by atoms with Crippen LogP contribution in [0.15, 0.2) is 28.7 Å². The molecule has 0 aliphatic carbocycles. The number of nitrogens with one attached hydrogen (secondary N) is 1. The van der Waals surface area contributed by atoms with Crippen LogP contribution in [-0.4, -0.2) is 10.2 Å². The maximum atomic E-state index is 5.55. The van der Waals surface area contributed by atoms with Gasteiger partial charge in [-0.3, -0.25) is 5.10 Å². The predicted molar refractivity (Wildman–Crippen MR) is 68.1 cm³/mol. The van der Waals surface area contributed by atoms with Crippen LogP contribution >= 0.6 is 28.3 Å². The van der Waals surface area contributed by atoms with E-state index in [-0.39, 0.29) is 12.4 Å². The van der Waals surface area contributed by atoms with Gasteiger partial charge in [-0.05, 0) is 24.6 Å². The van der Waals surface area contributed by atoms with Crippen LogP contribution in [0.25, 0.3) is 11.3 Å². The van der Waals surface area contributed by atoms with Crippen LogP contribution in [0.4, 0.5) is 5.82 Å². The number of aryl methyl sites for hydroxylation is 1. The van der Waals surface area contributed by atoms with Gasteiger partial charge in [-0.2, -0.15) is 5.10 Å². The number of rotatable bonds is 1. The maximum Gasteiger partial charge on any atom is 0.145 e. The predicted octanol–water partition coefficient (Wildman–Crippen LogP) is 3.15. The maximum absolute atomic E-state index is 5.55. The Morgan fingerprint density at radius 1 is 1.33 bits per heavy atom. The lowest BCUT2D eigenvalue weighted by molar-refractivity contribution is 1.10. The van der Waals surface area contributed by atoms with Gasteiger partial charge >= 0.3 is 0 Å². The highest BCUT2D eigenvalue weighted by Crippen LogP contribution is 2.25. The topological polar surface area (TPSA) is 54.7 Å². The zero-order valence-electron chi connectivity index (χ0n) is 8.12. The van der Waals surface area contributed by atoms with Gasteiger partial charge in [-0.25, -0.2) is 0 Å². The molecule has 3 N–H and O–H groups in total. The van der Waals surface area contributed by atoms with E-state index in [1.165, 1.54) is 5.56 Å². The first-order valence-electron chi connectivity index (χ1n) is 4.24. The molecule has 0 bridgehead atoms. The number of anilines is 1. The standard InChI is InChI=1S/C10H10BrN3.ClH/c1-6-2-3-7(11)4-8(6)9-5-10(12)14-13-9;/h2-5H,1H3,(H3,12,13,14);1H. The summed E-state index contributed by atoms with van der Waals surface area (Å²) in [5.74, 6) is 0.513. The highest BCUT2D eigenvalue weighted by atomic mass is 79.9. The third-order valence-corrected chi connectivity index (χ3v) is 2.58. The molecule has 0 saturated heterocycles. The van der Waals surface area contributed by atoms with Crippen molar-refractivity contribution in [3.05, 3.63) is 34.3 Å². The molecule has 0 unspecified atom stereocenters. The van der Waals surface area contributed by atoms with Gasteiger partial charge in [0.1, 0.15) is 5.82 Å². The van der Waals surface area contributed by atoms with Gasteiger partial charge in [-0.1, -0.05) is 22.0 Å². The van der Waals surface area contributed by atoms with Crippen molar-refractivity contribution in [1.82, 2.24) is 10.2 Å². The summed E-state index contributed by atoms with van der Waals surface area (Å²) in [7, 11) is 0. The van der Waals surface area contributed by atoms with E-state index in [0.29, 0.717) is 5.82 Å². The quantitative estimate of drug-likeness (QED) is 0.847. The van der Waals surface area contributed by atoms with Crippen molar-refractivity contribution in [2.45, 2.75) is 6.92 Å². The van der Waals surface area contributed by atoms with E-state index in [9.17, 15) is 0 Å². The molecule has 5 heteroatoms. The smallest absolute Gasteiger partial charge is 0.145 e. The minimum atomic E-state index is 0. The van der Waals surface area contributed by atoms with Gasteiger partial charge < -0.3 is 5.73 Å². The highest BCUT2D eigenvalue weighted by Gasteiger charge is 2.04. The lowest BCUT2D eigenvalue weighted by atomic mass is 10.1. The molecule has 0 aliphatic heterocycles. The summed E-state index contributed by atoms with van der Waals surface area (Å²) in [6.07, 6.45) is 0. The summed E-state index contributed by atoms with van der Waals surface area (Å²) in [6.45, 7) is 2.05. The number of benzene rings is 1. The number of halogens is 2. The van der Waals surface area contributed by atoms with Gasteiger partial charge in [0.05, 0.1) is 5.69 Å². The van der Waals surface area contributed by atoms with E-state index in [4.69, 9.17) is 5.73 Å². The zero-order chi connectivity index (χ0) is 10.1. The summed E-state index contributed by atoms with van der Waals surface area (Å²) >= 11 is 3.43. The van der Waals surface area contributed by atoms with Crippen molar-refractivity contribution in [1.29, 1.82) is 0 Å². The average Bonchev–Trinajstić information content (AvgIpc) is 2.56. The molecule has 0 atom stereocenters. The lowest BCUT2D eigenvalue weighted by Crippen LogP contribution is -1.83. The highest BCUT2D eigenvalue weighted by molar-refractivity contribution is 9.10. The van der Waals surface area contributed by atoms with Gasteiger partial charge in [-0.15, -0.1) is 12.4 Å². The Bertz CT molecular complexity index is 467. The molecule has 0 amide bonds. The number of aromatic nitrogens is 2. The van der Waals surface area contributed by atoms with Crippen LogP contribution in [0.5, 0.6) is 0 Å². The second-order valence-electron chi connectivity index (χ2n) is 3.17. The van der Waals surface area contributed by atoms with E-state index < -0.39 is 0 Å². The second-order valence-corrected chi connectivity index (χ2v) is 4.08. The van der Waals surface area contributed by atoms with Crippen molar-refractivity contribution in [3.8, 4) is 11.3 Å². The molecule has 0 spiro atoms. The fourth-order valence-electron chi connectivity index (χ4n) is 1.36. The molecule has 15 heavy (non-hydrogen) atoms. The first-order chi connectivity index (χ1) is 6.66. The number of hydrogen-bond acceptors (Lipinski definition) is 2. The molecular formula is C10H11BrClN3. The number of aromatic amines is 1. The van der Waals surface area contributed by atoms with Crippen molar-refractivity contribution in [2.24, 2.45) is 0 Å². The number of hydrogen-bond donors (Lipinski definition) is 2. The normalized spacial score (nSPS) is 9.73. The summed E-state index contributed by atoms with van der Waals surface area (Å²) in [6, 6.07) is 7.94. The number of nitrogens with two attached hydrogens (primary N) is 1. The summed E-state index contributed by atoms with van der Waals surface area (Å²) in [5, 5.41) is 6.80. The first kappa shape index (κ1) is 12.1. The van der Waals surface area contributed by atoms with E-state index in [2.05, 4.69) is 39.1 Å². The lowest BCUT2D eigenvalue weighted by Gasteiger charge is -2.02. The average molecular weight is 289 g/mol. The van der Waals surface area contributed by atoms with E-state index >= 15 is 0 Å². The molecule has 1 aromatic heterocycles. The van der Waals surface area contributed by atoms with Crippen molar-refractivity contribution >= 4 is 34.2 Å². The minimum absolute atomic E-state index is 0. The second kappa shape index (κ2) is 4.68. The largest absolute Gasteiger partial charge is 0.382 e. The fraction of sp³-hybridized carbons (Fsp3) is 0.100. The molecule has 0 saturated carbocycles. The fourth-order valence-corrected chi connectivity index (χ4v) is 1.72. The Morgan fingerprint density at radius 3 is 2.67 bits per heavy atom.